The summed E-state index contributed by atoms with van der Waals surface area (Å²) in [6.45, 7) is 5.60. The SMILES string of the molecule is CC(=O)c1nnn(-c2ccc(C)cc2C)c1-c1ccccc1. The van der Waals surface area contributed by atoms with Gasteiger partial charge in [-0.25, -0.2) is 4.68 Å². The normalized spacial score (nSPS) is 10.7. The van der Waals surface area contributed by atoms with Crippen LogP contribution < -0.4 is 0 Å². The number of ketones is 1. The van der Waals surface area contributed by atoms with Gasteiger partial charge in [-0.15, -0.1) is 5.10 Å². The molecular weight excluding hydrogens is 274 g/mol. The maximum absolute atomic E-state index is 11.9. The Bertz CT molecular complexity index is 835. The summed E-state index contributed by atoms with van der Waals surface area (Å²) in [5.41, 5.74) is 5.28. The molecule has 4 nitrogen and oxygen atoms in total. The van der Waals surface area contributed by atoms with E-state index in [0.29, 0.717) is 5.69 Å². The van der Waals surface area contributed by atoms with E-state index in [9.17, 15) is 4.79 Å². The summed E-state index contributed by atoms with van der Waals surface area (Å²) in [4.78, 5) is 11.9. The second-order valence-electron chi connectivity index (χ2n) is 5.41. The Morgan fingerprint density at radius 1 is 1.05 bits per heavy atom. The lowest BCUT2D eigenvalue weighted by atomic mass is 10.1. The number of Topliss-reactive ketones (excluding diaryl/α,β-unsaturated/α-hetero) is 1. The van der Waals surface area contributed by atoms with Crippen molar-refractivity contribution < 1.29 is 4.79 Å². The molecule has 0 aliphatic rings. The number of aryl methyl sites for hydroxylation is 2. The number of benzene rings is 2. The van der Waals surface area contributed by atoms with Crippen LogP contribution in [0.4, 0.5) is 0 Å². The van der Waals surface area contributed by atoms with Crippen LogP contribution in [0.25, 0.3) is 16.9 Å². The molecule has 0 fully saturated rings. The van der Waals surface area contributed by atoms with Gasteiger partial charge in [0.1, 0.15) is 5.69 Å². The smallest absolute Gasteiger partial charge is 0.182 e. The van der Waals surface area contributed by atoms with E-state index in [1.165, 1.54) is 12.5 Å². The van der Waals surface area contributed by atoms with E-state index in [4.69, 9.17) is 0 Å². The highest BCUT2D eigenvalue weighted by atomic mass is 16.1. The number of carbonyl (C=O) groups is 1. The molecule has 0 amide bonds. The number of hydrogen-bond donors (Lipinski definition) is 0. The molecule has 0 saturated heterocycles. The third-order valence-corrected chi connectivity index (χ3v) is 3.63. The maximum Gasteiger partial charge on any atom is 0.182 e. The van der Waals surface area contributed by atoms with Crippen LogP contribution in [0.2, 0.25) is 0 Å². The first-order valence-corrected chi connectivity index (χ1v) is 7.17. The molecule has 0 atom stereocenters. The Morgan fingerprint density at radius 3 is 2.41 bits per heavy atom. The van der Waals surface area contributed by atoms with Crippen molar-refractivity contribution in [1.29, 1.82) is 0 Å². The van der Waals surface area contributed by atoms with Gasteiger partial charge in [0.05, 0.1) is 5.69 Å². The van der Waals surface area contributed by atoms with Crippen molar-refractivity contribution >= 4 is 5.78 Å². The molecule has 22 heavy (non-hydrogen) atoms. The third-order valence-electron chi connectivity index (χ3n) is 3.63. The fraction of sp³-hybridized carbons (Fsp3) is 0.167. The van der Waals surface area contributed by atoms with Gasteiger partial charge in [0.25, 0.3) is 0 Å². The number of nitrogens with zero attached hydrogens (tertiary/aromatic N) is 3. The highest BCUT2D eigenvalue weighted by molar-refractivity contribution is 5.98. The Kier molecular flexibility index (Phi) is 3.59. The van der Waals surface area contributed by atoms with Gasteiger partial charge in [-0.05, 0) is 25.5 Å². The fourth-order valence-electron chi connectivity index (χ4n) is 2.59. The van der Waals surface area contributed by atoms with E-state index < -0.39 is 0 Å². The first-order valence-electron chi connectivity index (χ1n) is 7.17. The van der Waals surface area contributed by atoms with Crippen LogP contribution >= 0.6 is 0 Å². The molecule has 0 bridgehead atoms. The molecule has 2 aromatic carbocycles. The molecule has 0 unspecified atom stereocenters. The summed E-state index contributed by atoms with van der Waals surface area (Å²) in [6, 6.07) is 15.9. The lowest BCUT2D eigenvalue weighted by Gasteiger charge is -2.10. The molecule has 0 aliphatic heterocycles. The summed E-state index contributed by atoms with van der Waals surface area (Å²) in [5.74, 6) is -0.0881. The molecule has 3 aromatic rings. The first kappa shape index (κ1) is 14.2. The van der Waals surface area contributed by atoms with Gasteiger partial charge >= 0.3 is 0 Å². The van der Waals surface area contributed by atoms with E-state index in [1.54, 1.807) is 4.68 Å². The molecule has 0 spiro atoms. The second-order valence-corrected chi connectivity index (χ2v) is 5.41. The van der Waals surface area contributed by atoms with Crippen LogP contribution in [-0.2, 0) is 0 Å². The second kappa shape index (κ2) is 5.56. The zero-order valence-electron chi connectivity index (χ0n) is 12.9. The summed E-state index contributed by atoms with van der Waals surface area (Å²) in [6.07, 6.45) is 0. The maximum atomic E-state index is 11.9. The largest absolute Gasteiger partial charge is 0.293 e. The number of hydrogen-bond acceptors (Lipinski definition) is 3. The predicted octanol–water partition coefficient (Wildman–Crippen LogP) is 3.75. The number of rotatable bonds is 3. The van der Waals surface area contributed by atoms with Crippen LogP contribution in [0.3, 0.4) is 0 Å². The van der Waals surface area contributed by atoms with Crippen LogP contribution in [0, 0.1) is 13.8 Å². The zero-order chi connectivity index (χ0) is 15.7. The monoisotopic (exact) mass is 291 g/mol. The van der Waals surface area contributed by atoms with Crippen molar-refractivity contribution in [2.45, 2.75) is 20.8 Å². The molecular formula is C18H17N3O. The van der Waals surface area contributed by atoms with E-state index in [2.05, 4.69) is 23.3 Å². The summed E-state index contributed by atoms with van der Waals surface area (Å²) < 4.78 is 1.75. The van der Waals surface area contributed by atoms with Crippen molar-refractivity contribution in [2.24, 2.45) is 0 Å². The Balaban J connectivity index is 2.27. The van der Waals surface area contributed by atoms with Crippen molar-refractivity contribution in [3.05, 3.63) is 65.4 Å². The van der Waals surface area contributed by atoms with Crippen LogP contribution in [0.5, 0.6) is 0 Å². The standard InChI is InChI=1S/C18H17N3O/c1-12-9-10-16(13(2)11-12)21-18(15-7-5-4-6-8-15)17(14(3)22)19-20-21/h4-11H,1-3H3. The summed E-state index contributed by atoms with van der Waals surface area (Å²) in [5, 5.41) is 8.32. The Hall–Kier alpha value is -2.75. The molecule has 110 valence electrons. The first-order chi connectivity index (χ1) is 10.6. The van der Waals surface area contributed by atoms with Gasteiger partial charge < -0.3 is 0 Å². The van der Waals surface area contributed by atoms with Gasteiger partial charge in [-0.2, -0.15) is 0 Å². The minimum absolute atomic E-state index is 0.0881. The molecule has 3 rings (SSSR count). The molecule has 4 heteroatoms. The summed E-state index contributed by atoms with van der Waals surface area (Å²) in [7, 11) is 0. The number of carbonyl (C=O) groups excluding carboxylic acids is 1. The minimum Gasteiger partial charge on any atom is -0.293 e. The van der Waals surface area contributed by atoms with E-state index in [-0.39, 0.29) is 5.78 Å². The van der Waals surface area contributed by atoms with E-state index >= 15 is 0 Å². The highest BCUT2D eigenvalue weighted by Gasteiger charge is 2.20. The zero-order valence-corrected chi connectivity index (χ0v) is 12.9. The van der Waals surface area contributed by atoms with E-state index in [1.807, 2.05) is 49.4 Å². The lowest BCUT2D eigenvalue weighted by Crippen LogP contribution is -2.03. The number of aromatic nitrogens is 3. The van der Waals surface area contributed by atoms with Crippen molar-refractivity contribution in [2.75, 3.05) is 0 Å². The molecule has 1 aromatic heterocycles. The van der Waals surface area contributed by atoms with Crippen molar-refractivity contribution in [1.82, 2.24) is 15.0 Å². The third kappa shape index (κ3) is 2.44. The fourth-order valence-corrected chi connectivity index (χ4v) is 2.59. The van der Waals surface area contributed by atoms with Crippen LogP contribution in [0.15, 0.2) is 48.5 Å². The predicted molar refractivity (Wildman–Crippen MR) is 86.3 cm³/mol. The topological polar surface area (TPSA) is 47.8 Å². The van der Waals surface area contributed by atoms with E-state index in [0.717, 1.165) is 22.5 Å². The lowest BCUT2D eigenvalue weighted by molar-refractivity contribution is 0.101. The molecule has 1 heterocycles. The average molecular weight is 291 g/mol. The summed E-state index contributed by atoms with van der Waals surface area (Å²) >= 11 is 0. The van der Waals surface area contributed by atoms with Gasteiger partial charge in [0.2, 0.25) is 0 Å². The van der Waals surface area contributed by atoms with Crippen molar-refractivity contribution in [3.63, 3.8) is 0 Å². The molecule has 0 radical (unpaired) electrons. The van der Waals surface area contributed by atoms with Gasteiger partial charge in [0.15, 0.2) is 11.5 Å². The minimum atomic E-state index is -0.0881. The van der Waals surface area contributed by atoms with Crippen LogP contribution in [-0.4, -0.2) is 20.8 Å². The Morgan fingerprint density at radius 2 is 1.77 bits per heavy atom. The average Bonchev–Trinajstić information content (AvgIpc) is 2.93. The molecule has 0 aliphatic carbocycles. The van der Waals surface area contributed by atoms with Gasteiger partial charge in [-0.1, -0.05) is 53.2 Å². The van der Waals surface area contributed by atoms with Crippen molar-refractivity contribution in [3.8, 4) is 16.9 Å². The Labute approximate surface area is 129 Å². The highest BCUT2D eigenvalue weighted by Crippen LogP contribution is 2.27. The quantitative estimate of drug-likeness (QED) is 0.690. The molecule has 0 saturated carbocycles. The van der Waals surface area contributed by atoms with Gasteiger partial charge in [-0.3, -0.25) is 4.79 Å². The molecule has 0 N–H and O–H groups in total. The van der Waals surface area contributed by atoms with Crippen LogP contribution in [0.1, 0.15) is 28.5 Å². The van der Waals surface area contributed by atoms with Gasteiger partial charge in [0, 0.05) is 12.5 Å².